The first-order valence-corrected chi connectivity index (χ1v) is 7.40. The van der Waals surface area contributed by atoms with Crippen LogP contribution in [0.25, 0.3) is 0 Å². The third kappa shape index (κ3) is 3.53. The zero-order valence-corrected chi connectivity index (χ0v) is 12.4. The number of anilines is 1. The van der Waals surface area contributed by atoms with Crippen LogP contribution in [0.1, 0.15) is 11.5 Å². The number of aromatic nitrogens is 1. The monoisotopic (exact) mass is 337 g/mol. The van der Waals surface area contributed by atoms with Crippen LogP contribution in [0.15, 0.2) is 58.7 Å². The molecule has 1 amide bonds. The Bertz CT molecular complexity index is 732. The van der Waals surface area contributed by atoms with Crippen molar-refractivity contribution in [3.63, 3.8) is 0 Å². The van der Waals surface area contributed by atoms with E-state index in [0.29, 0.717) is 11.4 Å². The van der Waals surface area contributed by atoms with E-state index in [9.17, 15) is 18.0 Å². The Morgan fingerprint density at radius 3 is 2.43 bits per heavy atom. The molecule has 23 heavy (non-hydrogen) atoms. The molecule has 1 aromatic heterocycles. The van der Waals surface area contributed by atoms with Gasteiger partial charge in [-0.3, -0.25) is 4.79 Å². The van der Waals surface area contributed by atoms with Gasteiger partial charge in [0.25, 0.3) is 5.91 Å². The molecule has 3 rings (SSSR count). The first kappa shape index (κ1) is 15.5. The van der Waals surface area contributed by atoms with Crippen LogP contribution < -0.4 is 5.01 Å². The van der Waals surface area contributed by atoms with Crippen molar-refractivity contribution in [2.45, 2.75) is 16.3 Å². The number of hydrogen-bond acceptors (Lipinski definition) is 4. The molecular weight excluding hydrogens is 327 g/mol. The van der Waals surface area contributed by atoms with Crippen molar-refractivity contribution in [3.05, 3.63) is 54.2 Å². The third-order valence-electron chi connectivity index (χ3n) is 3.15. The van der Waals surface area contributed by atoms with E-state index in [2.05, 4.69) is 10.1 Å². The van der Waals surface area contributed by atoms with Gasteiger partial charge < -0.3 is 0 Å². The average molecular weight is 337 g/mol. The number of rotatable bonds is 3. The number of halogens is 3. The Morgan fingerprint density at radius 1 is 1.09 bits per heavy atom. The molecule has 0 aliphatic carbocycles. The number of amides is 1. The van der Waals surface area contributed by atoms with Gasteiger partial charge in [0.2, 0.25) is 0 Å². The molecule has 0 spiro atoms. The van der Waals surface area contributed by atoms with Crippen LogP contribution in [0.5, 0.6) is 0 Å². The van der Waals surface area contributed by atoms with Crippen LogP contribution in [0.2, 0.25) is 0 Å². The third-order valence-corrected chi connectivity index (χ3v) is 3.88. The summed E-state index contributed by atoms with van der Waals surface area (Å²) in [7, 11) is 0. The average Bonchev–Trinajstić information content (AvgIpc) is 2.89. The van der Waals surface area contributed by atoms with Crippen LogP contribution in [-0.4, -0.2) is 22.6 Å². The highest BCUT2D eigenvalue weighted by molar-refractivity contribution is 8.00. The van der Waals surface area contributed by atoms with E-state index in [4.69, 9.17) is 0 Å². The summed E-state index contributed by atoms with van der Waals surface area (Å²) >= 11 is -0.189. The summed E-state index contributed by atoms with van der Waals surface area (Å²) in [6, 6.07) is 10.8. The largest absolute Gasteiger partial charge is 0.446 e. The normalized spacial score (nSPS) is 17.8. The van der Waals surface area contributed by atoms with Crippen molar-refractivity contribution >= 4 is 29.7 Å². The van der Waals surface area contributed by atoms with E-state index in [-0.39, 0.29) is 22.6 Å². The van der Waals surface area contributed by atoms with Gasteiger partial charge in [-0.2, -0.15) is 23.3 Å². The van der Waals surface area contributed by atoms with E-state index in [1.165, 1.54) is 35.5 Å². The van der Waals surface area contributed by atoms with Crippen LogP contribution in [-0.2, 0) is 4.79 Å². The van der Waals surface area contributed by atoms with Crippen LogP contribution in [0.4, 0.5) is 19.0 Å². The summed E-state index contributed by atoms with van der Waals surface area (Å²) in [4.78, 5) is 16.5. The van der Waals surface area contributed by atoms with Crippen LogP contribution in [0.3, 0.4) is 0 Å². The summed E-state index contributed by atoms with van der Waals surface area (Å²) < 4.78 is 37.0. The standard InChI is InChI=1S/C15H10F3N3OS/c16-15(17,18)23-11-6-4-10(5-7-11)12-9-20-21(14(12)22)13-3-1-2-8-19-13/h1-9,12H. The summed E-state index contributed by atoms with van der Waals surface area (Å²) in [5, 5.41) is 5.22. The summed E-state index contributed by atoms with van der Waals surface area (Å²) in [5.74, 6) is -0.512. The molecule has 0 bridgehead atoms. The Balaban J connectivity index is 1.76. The van der Waals surface area contributed by atoms with Crippen molar-refractivity contribution in [3.8, 4) is 0 Å². The van der Waals surface area contributed by atoms with E-state index < -0.39 is 11.4 Å². The lowest BCUT2D eigenvalue weighted by Crippen LogP contribution is -2.25. The molecular formula is C15H10F3N3OS. The van der Waals surface area contributed by atoms with Gasteiger partial charge >= 0.3 is 5.51 Å². The summed E-state index contributed by atoms with van der Waals surface area (Å²) in [5.41, 5.74) is -3.74. The molecule has 0 saturated carbocycles. The van der Waals surface area contributed by atoms with E-state index in [1.807, 2.05) is 0 Å². The quantitative estimate of drug-likeness (QED) is 0.800. The van der Waals surface area contributed by atoms with Gasteiger partial charge in [-0.25, -0.2) is 4.98 Å². The van der Waals surface area contributed by atoms with E-state index in [1.54, 1.807) is 24.4 Å². The molecule has 2 aromatic rings. The number of benzene rings is 1. The summed E-state index contributed by atoms with van der Waals surface area (Å²) in [6.07, 6.45) is 3.01. The van der Waals surface area contributed by atoms with Crippen molar-refractivity contribution < 1.29 is 18.0 Å². The summed E-state index contributed by atoms with van der Waals surface area (Å²) in [6.45, 7) is 0. The second-order valence-corrected chi connectivity index (χ2v) is 5.84. The maximum atomic E-state index is 12.4. The van der Waals surface area contributed by atoms with Crippen LogP contribution in [0, 0.1) is 0 Å². The maximum absolute atomic E-state index is 12.4. The lowest BCUT2D eigenvalue weighted by Gasteiger charge is -2.13. The van der Waals surface area contributed by atoms with Gasteiger partial charge in [0.15, 0.2) is 5.82 Å². The minimum absolute atomic E-state index is 0.0743. The van der Waals surface area contributed by atoms with Gasteiger partial charge in [-0.15, -0.1) is 0 Å². The molecule has 2 heterocycles. The van der Waals surface area contributed by atoms with Gasteiger partial charge in [0, 0.05) is 17.3 Å². The minimum atomic E-state index is -4.33. The Hall–Kier alpha value is -2.35. The van der Waals surface area contributed by atoms with E-state index in [0.717, 1.165) is 0 Å². The van der Waals surface area contributed by atoms with Crippen molar-refractivity contribution in [1.29, 1.82) is 0 Å². The van der Waals surface area contributed by atoms with Gasteiger partial charge in [-0.1, -0.05) is 18.2 Å². The molecule has 0 fully saturated rings. The minimum Gasteiger partial charge on any atom is -0.271 e. The lowest BCUT2D eigenvalue weighted by atomic mass is 10.0. The zero-order valence-electron chi connectivity index (χ0n) is 11.6. The molecule has 1 aliphatic rings. The number of carbonyl (C=O) groups excluding carboxylic acids is 1. The highest BCUT2D eigenvalue weighted by Gasteiger charge is 2.32. The lowest BCUT2D eigenvalue weighted by molar-refractivity contribution is -0.118. The predicted molar refractivity (Wildman–Crippen MR) is 81.3 cm³/mol. The number of hydrogen-bond donors (Lipinski definition) is 0. The molecule has 0 radical (unpaired) electrons. The van der Waals surface area contributed by atoms with Gasteiger partial charge in [-0.05, 0) is 41.6 Å². The maximum Gasteiger partial charge on any atom is 0.446 e. The number of carbonyl (C=O) groups is 1. The van der Waals surface area contributed by atoms with Crippen molar-refractivity contribution in [2.24, 2.45) is 5.10 Å². The molecule has 1 aliphatic heterocycles. The number of thioether (sulfide) groups is 1. The van der Waals surface area contributed by atoms with Gasteiger partial charge in [0.05, 0.1) is 0 Å². The molecule has 118 valence electrons. The smallest absolute Gasteiger partial charge is 0.271 e. The second-order valence-electron chi connectivity index (χ2n) is 4.70. The fourth-order valence-electron chi connectivity index (χ4n) is 2.14. The molecule has 0 saturated heterocycles. The fraction of sp³-hybridized carbons (Fsp3) is 0.133. The molecule has 8 heteroatoms. The Morgan fingerprint density at radius 2 is 1.83 bits per heavy atom. The van der Waals surface area contributed by atoms with Gasteiger partial charge in [0.1, 0.15) is 5.92 Å². The van der Waals surface area contributed by atoms with Crippen molar-refractivity contribution in [1.82, 2.24) is 4.98 Å². The first-order valence-electron chi connectivity index (χ1n) is 6.59. The molecule has 1 unspecified atom stereocenters. The van der Waals surface area contributed by atoms with E-state index >= 15 is 0 Å². The predicted octanol–water partition coefficient (Wildman–Crippen LogP) is 3.81. The van der Waals surface area contributed by atoms with Crippen molar-refractivity contribution in [2.75, 3.05) is 5.01 Å². The number of pyridine rings is 1. The number of nitrogens with zero attached hydrogens (tertiary/aromatic N) is 3. The molecule has 1 atom stereocenters. The molecule has 0 N–H and O–H groups in total. The molecule has 1 aromatic carbocycles. The first-order chi connectivity index (χ1) is 10.9. The topological polar surface area (TPSA) is 45.6 Å². The highest BCUT2D eigenvalue weighted by atomic mass is 32.2. The Kier molecular flexibility index (Phi) is 4.08. The number of hydrazone groups is 1. The highest BCUT2D eigenvalue weighted by Crippen LogP contribution is 2.37. The SMILES string of the molecule is O=C1C(c2ccc(SC(F)(F)F)cc2)C=NN1c1ccccn1. The second kappa shape index (κ2) is 6.04. The molecule has 4 nitrogen and oxygen atoms in total. The zero-order chi connectivity index (χ0) is 16.4. The number of alkyl halides is 3. The Labute approximate surface area is 134 Å². The van der Waals surface area contributed by atoms with Crippen LogP contribution >= 0.6 is 11.8 Å². The fourth-order valence-corrected chi connectivity index (χ4v) is 2.68.